The van der Waals surface area contributed by atoms with Gasteiger partial charge in [-0.2, -0.15) is 12.6 Å². The standard InChI is InChI=1S/C11H16O4S/c1-2-15-11(14)8-5-3-6(7(16)4-5)9(8)10(12)13/h5-9,16H,2-4H2,1H3,(H,12,13). The molecule has 0 heterocycles. The second-order valence-electron chi connectivity index (χ2n) is 4.60. The number of ether oxygens (including phenoxy) is 1. The van der Waals surface area contributed by atoms with Gasteiger partial charge in [-0.1, -0.05) is 0 Å². The van der Waals surface area contributed by atoms with Gasteiger partial charge in [-0.25, -0.2) is 0 Å². The Labute approximate surface area is 99.8 Å². The molecule has 0 saturated heterocycles. The van der Waals surface area contributed by atoms with Crippen molar-refractivity contribution in [1.29, 1.82) is 0 Å². The number of carbonyl (C=O) groups is 2. The number of carboxylic acid groups (broad SMARTS) is 1. The van der Waals surface area contributed by atoms with Crippen molar-refractivity contribution in [1.82, 2.24) is 0 Å². The Hall–Kier alpha value is -0.710. The fourth-order valence-corrected chi connectivity index (χ4v) is 3.82. The first-order chi connectivity index (χ1) is 7.56. The fourth-order valence-electron chi connectivity index (χ4n) is 3.24. The third kappa shape index (κ3) is 1.71. The third-order valence-electron chi connectivity index (χ3n) is 3.81. The van der Waals surface area contributed by atoms with Gasteiger partial charge in [-0.15, -0.1) is 0 Å². The van der Waals surface area contributed by atoms with E-state index in [1.165, 1.54) is 0 Å². The molecule has 90 valence electrons. The zero-order valence-corrected chi connectivity index (χ0v) is 10.0. The van der Waals surface area contributed by atoms with Crippen LogP contribution in [0, 0.1) is 23.7 Å². The number of hydrogen-bond acceptors (Lipinski definition) is 4. The van der Waals surface area contributed by atoms with Gasteiger partial charge in [0.05, 0.1) is 18.4 Å². The molecular weight excluding hydrogens is 228 g/mol. The molecule has 5 unspecified atom stereocenters. The molecule has 5 heteroatoms. The van der Waals surface area contributed by atoms with E-state index < -0.39 is 17.8 Å². The van der Waals surface area contributed by atoms with Gasteiger partial charge in [-0.3, -0.25) is 9.59 Å². The fraction of sp³-hybridized carbons (Fsp3) is 0.818. The summed E-state index contributed by atoms with van der Waals surface area (Å²) < 4.78 is 4.97. The van der Waals surface area contributed by atoms with Crippen molar-refractivity contribution < 1.29 is 19.4 Å². The lowest BCUT2D eigenvalue weighted by molar-refractivity contribution is -0.159. The summed E-state index contributed by atoms with van der Waals surface area (Å²) in [6, 6.07) is 0. The highest BCUT2D eigenvalue weighted by Crippen LogP contribution is 2.54. The van der Waals surface area contributed by atoms with Crippen molar-refractivity contribution in [3.8, 4) is 0 Å². The normalized spacial score (nSPS) is 41.0. The molecule has 2 rings (SSSR count). The molecular formula is C11H16O4S. The molecule has 16 heavy (non-hydrogen) atoms. The first-order valence-electron chi connectivity index (χ1n) is 5.63. The largest absolute Gasteiger partial charge is 0.481 e. The monoisotopic (exact) mass is 244 g/mol. The van der Waals surface area contributed by atoms with Crippen LogP contribution in [-0.4, -0.2) is 28.9 Å². The Morgan fingerprint density at radius 3 is 2.62 bits per heavy atom. The summed E-state index contributed by atoms with van der Waals surface area (Å²) in [5.41, 5.74) is 0. The maximum absolute atomic E-state index is 11.7. The van der Waals surface area contributed by atoms with Gasteiger partial charge < -0.3 is 9.84 Å². The molecule has 2 fully saturated rings. The zero-order valence-electron chi connectivity index (χ0n) is 9.13. The van der Waals surface area contributed by atoms with Gasteiger partial charge in [0.15, 0.2) is 0 Å². The van der Waals surface area contributed by atoms with E-state index in [0.717, 1.165) is 12.8 Å². The van der Waals surface area contributed by atoms with E-state index in [9.17, 15) is 14.7 Å². The zero-order chi connectivity index (χ0) is 11.9. The van der Waals surface area contributed by atoms with E-state index in [4.69, 9.17) is 4.74 Å². The van der Waals surface area contributed by atoms with Crippen LogP contribution in [0.1, 0.15) is 19.8 Å². The molecule has 0 radical (unpaired) electrons. The Morgan fingerprint density at radius 1 is 1.38 bits per heavy atom. The minimum absolute atomic E-state index is 0.0280. The summed E-state index contributed by atoms with van der Waals surface area (Å²) in [7, 11) is 0. The Kier molecular flexibility index (Phi) is 3.15. The van der Waals surface area contributed by atoms with Crippen LogP contribution in [0.4, 0.5) is 0 Å². The summed E-state index contributed by atoms with van der Waals surface area (Å²) >= 11 is 4.40. The van der Waals surface area contributed by atoms with Crippen LogP contribution in [0.2, 0.25) is 0 Å². The number of fused-ring (bicyclic) bond motifs is 2. The number of carbonyl (C=O) groups excluding carboxylic acids is 1. The first-order valence-corrected chi connectivity index (χ1v) is 6.15. The SMILES string of the molecule is CCOC(=O)C1C2CC(S)C(C2)C1C(=O)O. The Morgan fingerprint density at radius 2 is 2.06 bits per heavy atom. The van der Waals surface area contributed by atoms with Crippen molar-refractivity contribution in [3.05, 3.63) is 0 Å². The summed E-state index contributed by atoms with van der Waals surface area (Å²) in [5, 5.41) is 9.32. The van der Waals surface area contributed by atoms with Gasteiger partial charge in [0.1, 0.15) is 0 Å². The number of thiol groups is 1. The summed E-state index contributed by atoms with van der Waals surface area (Å²) in [6.07, 6.45) is 1.63. The van der Waals surface area contributed by atoms with E-state index in [-0.39, 0.29) is 23.1 Å². The van der Waals surface area contributed by atoms with Gasteiger partial charge in [0, 0.05) is 5.25 Å². The molecule has 2 aliphatic rings. The molecule has 0 aliphatic heterocycles. The molecule has 2 aliphatic carbocycles. The molecule has 2 bridgehead atoms. The third-order valence-corrected chi connectivity index (χ3v) is 4.41. The smallest absolute Gasteiger partial charge is 0.310 e. The minimum Gasteiger partial charge on any atom is -0.481 e. The molecule has 0 amide bonds. The molecule has 0 spiro atoms. The second kappa shape index (κ2) is 4.28. The summed E-state index contributed by atoms with van der Waals surface area (Å²) in [6.45, 7) is 2.05. The Balaban J connectivity index is 2.18. The van der Waals surface area contributed by atoms with E-state index in [1.807, 2.05) is 0 Å². The second-order valence-corrected chi connectivity index (χ2v) is 5.27. The van der Waals surface area contributed by atoms with Crippen LogP contribution in [0.3, 0.4) is 0 Å². The van der Waals surface area contributed by atoms with E-state index >= 15 is 0 Å². The van der Waals surface area contributed by atoms with Gasteiger partial charge in [0.25, 0.3) is 0 Å². The van der Waals surface area contributed by atoms with E-state index in [0.29, 0.717) is 6.61 Å². The van der Waals surface area contributed by atoms with E-state index in [1.54, 1.807) is 6.92 Å². The lowest BCUT2D eigenvalue weighted by Crippen LogP contribution is -2.39. The molecule has 0 aromatic heterocycles. The van der Waals surface area contributed by atoms with Crippen LogP contribution >= 0.6 is 12.6 Å². The van der Waals surface area contributed by atoms with Crippen molar-refractivity contribution in [3.63, 3.8) is 0 Å². The predicted molar refractivity (Wildman–Crippen MR) is 60.2 cm³/mol. The Bertz CT molecular complexity index is 317. The molecule has 2 saturated carbocycles. The molecule has 0 aromatic rings. The number of carboxylic acids is 1. The lowest BCUT2D eigenvalue weighted by Gasteiger charge is -2.29. The summed E-state index contributed by atoms with van der Waals surface area (Å²) in [5.74, 6) is -2.11. The molecule has 1 N–H and O–H groups in total. The van der Waals surface area contributed by atoms with Gasteiger partial charge >= 0.3 is 11.9 Å². The lowest BCUT2D eigenvalue weighted by atomic mass is 9.79. The van der Waals surface area contributed by atoms with Crippen molar-refractivity contribution >= 4 is 24.6 Å². The minimum atomic E-state index is -0.885. The number of hydrogen-bond donors (Lipinski definition) is 2. The maximum Gasteiger partial charge on any atom is 0.310 e. The number of rotatable bonds is 3. The maximum atomic E-state index is 11.7. The van der Waals surface area contributed by atoms with Crippen LogP contribution in [0.5, 0.6) is 0 Å². The average Bonchev–Trinajstić information content (AvgIpc) is 2.73. The van der Waals surface area contributed by atoms with Gasteiger partial charge in [-0.05, 0) is 31.6 Å². The van der Waals surface area contributed by atoms with Crippen LogP contribution in [0.15, 0.2) is 0 Å². The molecule has 0 aromatic carbocycles. The molecule has 5 atom stereocenters. The van der Waals surface area contributed by atoms with Crippen LogP contribution in [-0.2, 0) is 14.3 Å². The van der Waals surface area contributed by atoms with Crippen LogP contribution < -0.4 is 0 Å². The highest BCUT2D eigenvalue weighted by Gasteiger charge is 2.57. The topological polar surface area (TPSA) is 63.6 Å². The van der Waals surface area contributed by atoms with Crippen LogP contribution in [0.25, 0.3) is 0 Å². The summed E-state index contributed by atoms with van der Waals surface area (Å²) in [4.78, 5) is 23.0. The quantitative estimate of drug-likeness (QED) is 0.578. The van der Waals surface area contributed by atoms with E-state index in [2.05, 4.69) is 12.6 Å². The highest BCUT2D eigenvalue weighted by molar-refractivity contribution is 7.81. The van der Waals surface area contributed by atoms with Crippen molar-refractivity contribution in [2.24, 2.45) is 23.7 Å². The predicted octanol–water partition coefficient (Wildman–Crippen LogP) is 1.20. The highest BCUT2D eigenvalue weighted by atomic mass is 32.1. The number of esters is 1. The van der Waals surface area contributed by atoms with Gasteiger partial charge in [0.2, 0.25) is 0 Å². The molecule has 4 nitrogen and oxygen atoms in total. The average molecular weight is 244 g/mol. The van der Waals surface area contributed by atoms with Crippen molar-refractivity contribution in [2.75, 3.05) is 6.61 Å². The first kappa shape index (κ1) is 11.8. The number of aliphatic carboxylic acids is 1. The van der Waals surface area contributed by atoms with Crippen molar-refractivity contribution in [2.45, 2.75) is 25.0 Å².